The molecule has 0 N–H and O–H groups in total. The Morgan fingerprint density at radius 2 is 2.22 bits per heavy atom. The molecule has 1 aliphatic heterocycles. The van der Waals surface area contributed by atoms with E-state index in [1.54, 1.807) is 0 Å². The quantitative estimate of drug-likeness (QED) is 0.794. The summed E-state index contributed by atoms with van der Waals surface area (Å²) >= 11 is 9.51. The van der Waals surface area contributed by atoms with Crippen LogP contribution in [0, 0.1) is 6.92 Å². The highest BCUT2D eigenvalue weighted by Crippen LogP contribution is 2.23. The molecule has 0 aliphatic carbocycles. The Morgan fingerprint density at radius 1 is 1.50 bits per heavy atom. The van der Waals surface area contributed by atoms with Crippen molar-refractivity contribution in [1.29, 1.82) is 0 Å². The van der Waals surface area contributed by atoms with E-state index in [0.29, 0.717) is 5.88 Å². The molecule has 0 radical (unpaired) electrons. The van der Waals surface area contributed by atoms with E-state index < -0.39 is 0 Å². The zero-order valence-corrected chi connectivity index (χ0v) is 13.3. The van der Waals surface area contributed by atoms with Crippen molar-refractivity contribution in [3.63, 3.8) is 0 Å². The molecule has 1 fully saturated rings. The Hall–Kier alpha value is -0.100. The third-order valence-corrected chi connectivity index (χ3v) is 4.58. The van der Waals surface area contributed by atoms with Crippen molar-refractivity contribution in [2.24, 2.45) is 7.05 Å². The molecule has 0 spiro atoms. The van der Waals surface area contributed by atoms with Crippen LogP contribution in [0.5, 0.6) is 0 Å². The number of aryl methyl sites for hydroxylation is 2. The van der Waals surface area contributed by atoms with Crippen LogP contribution in [0.2, 0.25) is 0 Å². The van der Waals surface area contributed by atoms with Gasteiger partial charge >= 0.3 is 0 Å². The fraction of sp³-hybridized carbons (Fsp3) is 0.750. The summed E-state index contributed by atoms with van der Waals surface area (Å²) in [7, 11) is 1.98. The Balaban J connectivity index is 2.08. The minimum Gasteiger partial charge on any atom is -0.371 e. The maximum absolute atomic E-state index is 5.90. The minimum atomic E-state index is 0.128. The lowest BCUT2D eigenvalue weighted by molar-refractivity contribution is -0.0694. The van der Waals surface area contributed by atoms with Crippen molar-refractivity contribution in [1.82, 2.24) is 14.7 Å². The van der Waals surface area contributed by atoms with Crippen molar-refractivity contribution in [2.75, 3.05) is 19.0 Å². The van der Waals surface area contributed by atoms with E-state index in [2.05, 4.69) is 32.9 Å². The second kappa shape index (κ2) is 5.90. The number of alkyl halides is 1. The minimum absolute atomic E-state index is 0.128. The monoisotopic (exact) mass is 335 g/mol. The van der Waals surface area contributed by atoms with Crippen LogP contribution >= 0.6 is 27.5 Å². The summed E-state index contributed by atoms with van der Waals surface area (Å²) in [4.78, 5) is 2.38. The van der Waals surface area contributed by atoms with Gasteiger partial charge in [-0.3, -0.25) is 9.58 Å². The highest BCUT2D eigenvalue weighted by Gasteiger charge is 2.26. The van der Waals surface area contributed by atoms with Crippen LogP contribution in [-0.4, -0.2) is 45.9 Å². The molecular formula is C12H19BrClN3O. The second-order valence-electron chi connectivity index (χ2n) is 4.89. The Kier molecular flexibility index (Phi) is 4.69. The molecule has 1 saturated heterocycles. The van der Waals surface area contributed by atoms with E-state index in [0.717, 1.165) is 29.8 Å². The van der Waals surface area contributed by atoms with Crippen LogP contribution in [0.25, 0.3) is 0 Å². The van der Waals surface area contributed by atoms with Gasteiger partial charge in [0.15, 0.2) is 0 Å². The van der Waals surface area contributed by atoms with Gasteiger partial charge in [0.25, 0.3) is 0 Å². The summed E-state index contributed by atoms with van der Waals surface area (Å²) < 4.78 is 8.80. The first-order valence-corrected chi connectivity index (χ1v) is 7.45. The van der Waals surface area contributed by atoms with Gasteiger partial charge in [-0.1, -0.05) is 0 Å². The predicted octanol–water partition coefficient (Wildman–Crippen LogP) is 2.32. The Bertz CT molecular complexity index is 424. The van der Waals surface area contributed by atoms with Crippen molar-refractivity contribution >= 4 is 27.5 Å². The lowest BCUT2D eigenvalue weighted by Crippen LogP contribution is -2.47. The maximum atomic E-state index is 5.90. The van der Waals surface area contributed by atoms with Gasteiger partial charge < -0.3 is 4.74 Å². The average molecular weight is 337 g/mol. The normalized spacial score (nSPS) is 25.6. The summed E-state index contributed by atoms with van der Waals surface area (Å²) in [5, 5.41) is 4.42. The molecule has 102 valence electrons. The molecule has 2 rings (SSSR count). The molecule has 0 amide bonds. The van der Waals surface area contributed by atoms with Gasteiger partial charge in [0.1, 0.15) is 0 Å². The van der Waals surface area contributed by atoms with E-state index >= 15 is 0 Å². The molecule has 0 aromatic carbocycles. The first kappa shape index (κ1) is 14.3. The van der Waals surface area contributed by atoms with Crippen LogP contribution in [-0.2, 0) is 18.3 Å². The lowest BCUT2D eigenvalue weighted by atomic mass is 10.2. The third-order valence-electron chi connectivity index (χ3n) is 3.21. The molecule has 2 unspecified atom stereocenters. The summed E-state index contributed by atoms with van der Waals surface area (Å²) in [6, 6.07) is 0. The number of hydrogen-bond acceptors (Lipinski definition) is 3. The number of aromatic nitrogens is 2. The molecular weight excluding hydrogens is 318 g/mol. The number of rotatable bonds is 3. The number of morpholine rings is 1. The largest absolute Gasteiger partial charge is 0.371 e. The third kappa shape index (κ3) is 3.07. The molecule has 4 nitrogen and oxygen atoms in total. The fourth-order valence-corrected chi connectivity index (χ4v) is 3.05. The summed E-state index contributed by atoms with van der Waals surface area (Å²) in [5.74, 6) is 0.548. The van der Waals surface area contributed by atoms with Gasteiger partial charge in [0.2, 0.25) is 0 Å². The van der Waals surface area contributed by atoms with Crippen LogP contribution in [0.4, 0.5) is 0 Å². The maximum Gasteiger partial charge on any atom is 0.0841 e. The standard InChI is InChI=1S/C12H19BrClN3O/c1-8-5-17(6-10(4-14)18-8)7-11-12(13)9(2)15-16(11)3/h8,10H,4-7H2,1-3H3. The molecule has 18 heavy (non-hydrogen) atoms. The number of halogens is 2. The van der Waals surface area contributed by atoms with Crippen molar-refractivity contribution in [3.05, 3.63) is 15.9 Å². The zero-order chi connectivity index (χ0) is 13.3. The van der Waals surface area contributed by atoms with Crippen molar-refractivity contribution in [3.8, 4) is 0 Å². The summed E-state index contributed by atoms with van der Waals surface area (Å²) in [5.41, 5.74) is 2.23. The SMILES string of the molecule is Cc1nn(C)c(CN2CC(C)OC(CCl)C2)c1Br. The van der Waals surface area contributed by atoms with Crippen LogP contribution in [0.3, 0.4) is 0 Å². The number of nitrogens with zero attached hydrogens (tertiary/aromatic N) is 3. The number of ether oxygens (including phenoxy) is 1. The van der Waals surface area contributed by atoms with Gasteiger partial charge in [-0.05, 0) is 29.8 Å². The molecule has 0 bridgehead atoms. The molecule has 2 heterocycles. The van der Waals surface area contributed by atoms with E-state index in [9.17, 15) is 0 Å². The second-order valence-corrected chi connectivity index (χ2v) is 5.99. The van der Waals surface area contributed by atoms with Gasteiger partial charge in [-0.25, -0.2) is 0 Å². The van der Waals surface area contributed by atoms with Crippen molar-refractivity contribution in [2.45, 2.75) is 32.6 Å². The van der Waals surface area contributed by atoms with E-state index in [1.165, 1.54) is 5.69 Å². The van der Waals surface area contributed by atoms with Crippen LogP contribution < -0.4 is 0 Å². The zero-order valence-electron chi connectivity index (χ0n) is 11.0. The Labute approximate surface area is 121 Å². The molecule has 2 atom stereocenters. The van der Waals surface area contributed by atoms with E-state index in [-0.39, 0.29) is 12.2 Å². The molecule has 0 saturated carbocycles. The summed E-state index contributed by atoms with van der Waals surface area (Å²) in [6.45, 7) is 6.79. The van der Waals surface area contributed by atoms with E-state index in [4.69, 9.17) is 16.3 Å². The first-order chi connectivity index (χ1) is 8.51. The molecule has 1 aromatic heterocycles. The smallest absolute Gasteiger partial charge is 0.0841 e. The molecule has 1 aliphatic rings. The van der Waals surface area contributed by atoms with Gasteiger partial charge in [-0.15, -0.1) is 11.6 Å². The highest BCUT2D eigenvalue weighted by molar-refractivity contribution is 9.10. The fourth-order valence-electron chi connectivity index (χ4n) is 2.42. The first-order valence-electron chi connectivity index (χ1n) is 6.13. The van der Waals surface area contributed by atoms with Gasteiger partial charge in [-0.2, -0.15) is 5.10 Å². The number of hydrogen-bond donors (Lipinski definition) is 0. The average Bonchev–Trinajstić information content (AvgIpc) is 2.55. The topological polar surface area (TPSA) is 30.3 Å². The highest BCUT2D eigenvalue weighted by atomic mass is 79.9. The van der Waals surface area contributed by atoms with Crippen molar-refractivity contribution < 1.29 is 4.74 Å². The van der Waals surface area contributed by atoms with Gasteiger partial charge in [0.05, 0.1) is 28.1 Å². The lowest BCUT2D eigenvalue weighted by Gasteiger charge is -2.36. The van der Waals surface area contributed by atoms with Crippen LogP contribution in [0.15, 0.2) is 4.47 Å². The Morgan fingerprint density at radius 3 is 2.78 bits per heavy atom. The van der Waals surface area contributed by atoms with Crippen LogP contribution in [0.1, 0.15) is 18.3 Å². The summed E-state index contributed by atoms with van der Waals surface area (Å²) in [6.07, 6.45) is 0.360. The predicted molar refractivity (Wildman–Crippen MR) is 76.0 cm³/mol. The van der Waals surface area contributed by atoms with Gasteiger partial charge in [0, 0.05) is 32.6 Å². The molecule has 1 aromatic rings. The van der Waals surface area contributed by atoms with E-state index in [1.807, 2.05) is 18.7 Å². The molecule has 6 heteroatoms.